The van der Waals surface area contributed by atoms with Gasteiger partial charge in [-0.1, -0.05) is 27.5 Å². The van der Waals surface area contributed by atoms with Gasteiger partial charge in [-0.15, -0.1) is 0 Å². The fourth-order valence-corrected chi connectivity index (χ4v) is 2.88. The number of nitrogens with one attached hydrogen (secondary N) is 1. The number of halogens is 2. The molecule has 22 heavy (non-hydrogen) atoms. The Morgan fingerprint density at radius 1 is 1.32 bits per heavy atom. The molecule has 7 heteroatoms. The van der Waals surface area contributed by atoms with Gasteiger partial charge in [-0.05, 0) is 31.2 Å². The van der Waals surface area contributed by atoms with Crippen LogP contribution in [0.2, 0.25) is 5.02 Å². The van der Waals surface area contributed by atoms with Crippen molar-refractivity contribution in [3.05, 3.63) is 51.2 Å². The Hall–Kier alpha value is -1.92. The average molecular weight is 380 g/mol. The summed E-state index contributed by atoms with van der Waals surface area (Å²) in [5.41, 5.74) is 2.41. The summed E-state index contributed by atoms with van der Waals surface area (Å²) in [5, 5.41) is 8.15. The summed E-state index contributed by atoms with van der Waals surface area (Å²) >= 11 is 9.74. The van der Waals surface area contributed by atoms with E-state index in [1.807, 2.05) is 19.1 Å². The maximum Gasteiger partial charge on any atom is 0.258 e. The number of fused-ring (bicyclic) bond motifs is 1. The number of anilines is 1. The number of benzene rings is 1. The van der Waals surface area contributed by atoms with Crippen LogP contribution in [0, 0.1) is 6.92 Å². The van der Waals surface area contributed by atoms with Crippen LogP contribution in [0.4, 0.5) is 5.69 Å². The minimum absolute atomic E-state index is 0.301. The van der Waals surface area contributed by atoms with Crippen LogP contribution in [-0.2, 0) is 7.05 Å². The Bertz CT molecular complexity index is 873. The first-order valence-corrected chi connectivity index (χ1v) is 7.69. The first-order valence-electron chi connectivity index (χ1n) is 6.52. The second-order valence-electron chi connectivity index (χ2n) is 4.85. The normalized spacial score (nSPS) is 10.9. The summed E-state index contributed by atoms with van der Waals surface area (Å²) in [7, 11) is 1.79. The first-order chi connectivity index (χ1) is 10.5. The quantitative estimate of drug-likeness (QED) is 0.733. The van der Waals surface area contributed by atoms with Crippen LogP contribution in [0.5, 0.6) is 0 Å². The standard InChI is InChI=1S/C15H12BrClN4O/c1-8-12-13(17)11(7-18-14(12)21(2)20-8)15(22)19-10-5-3-9(16)4-6-10/h3-7H,1-2H3,(H,19,22). The van der Waals surface area contributed by atoms with Crippen molar-refractivity contribution in [2.75, 3.05) is 5.32 Å². The number of carbonyl (C=O) groups is 1. The van der Waals surface area contributed by atoms with E-state index in [4.69, 9.17) is 11.6 Å². The topological polar surface area (TPSA) is 59.8 Å². The Morgan fingerprint density at radius 3 is 2.68 bits per heavy atom. The molecule has 112 valence electrons. The summed E-state index contributed by atoms with van der Waals surface area (Å²) in [6, 6.07) is 7.31. The monoisotopic (exact) mass is 378 g/mol. The summed E-state index contributed by atoms with van der Waals surface area (Å²) in [6.07, 6.45) is 1.47. The van der Waals surface area contributed by atoms with E-state index in [9.17, 15) is 4.79 Å². The number of pyridine rings is 1. The van der Waals surface area contributed by atoms with E-state index < -0.39 is 0 Å². The lowest BCUT2D eigenvalue weighted by Gasteiger charge is -2.07. The van der Waals surface area contributed by atoms with E-state index in [1.54, 1.807) is 23.9 Å². The van der Waals surface area contributed by atoms with Gasteiger partial charge >= 0.3 is 0 Å². The maximum atomic E-state index is 12.4. The Labute approximate surface area is 140 Å². The van der Waals surface area contributed by atoms with Crippen molar-refractivity contribution in [2.45, 2.75) is 6.92 Å². The van der Waals surface area contributed by atoms with Crippen LogP contribution in [0.1, 0.15) is 16.1 Å². The Morgan fingerprint density at radius 2 is 2.00 bits per heavy atom. The largest absolute Gasteiger partial charge is 0.322 e. The van der Waals surface area contributed by atoms with E-state index in [0.717, 1.165) is 10.2 Å². The predicted molar refractivity (Wildman–Crippen MR) is 90.4 cm³/mol. The van der Waals surface area contributed by atoms with Crippen molar-refractivity contribution in [3.63, 3.8) is 0 Å². The van der Waals surface area contributed by atoms with Crippen molar-refractivity contribution in [1.29, 1.82) is 0 Å². The lowest BCUT2D eigenvalue weighted by atomic mass is 10.2. The predicted octanol–water partition coefficient (Wildman–Crippen LogP) is 3.94. The third-order valence-corrected chi connectivity index (χ3v) is 4.23. The van der Waals surface area contributed by atoms with Crippen LogP contribution in [0.3, 0.4) is 0 Å². The van der Waals surface area contributed by atoms with E-state index in [0.29, 0.717) is 27.3 Å². The fourth-order valence-electron chi connectivity index (χ4n) is 2.26. The van der Waals surface area contributed by atoms with Gasteiger partial charge in [0.05, 0.1) is 21.7 Å². The summed E-state index contributed by atoms with van der Waals surface area (Å²) in [5.74, 6) is -0.301. The number of rotatable bonds is 2. The third-order valence-electron chi connectivity index (χ3n) is 3.31. The number of hydrogen-bond donors (Lipinski definition) is 1. The molecule has 0 aliphatic rings. The van der Waals surface area contributed by atoms with Crippen molar-refractivity contribution in [2.24, 2.45) is 7.05 Å². The van der Waals surface area contributed by atoms with E-state index in [2.05, 4.69) is 31.3 Å². The molecule has 1 N–H and O–H groups in total. The lowest BCUT2D eigenvalue weighted by Crippen LogP contribution is -2.13. The second kappa shape index (κ2) is 5.70. The molecule has 0 spiro atoms. The zero-order valence-corrected chi connectivity index (χ0v) is 14.2. The van der Waals surface area contributed by atoms with Crippen LogP contribution in [0.15, 0.2) is 34.9 Å². The highest BCUT2D eigenvalue weighted by Crippen LogP contribution is 2.28. The molecular weight excluding hydrogens is 368 g/mol. The van der Waals surface area contributed by atoms with Gasteiger partial charge in [-0.3, -0.25) is 9.48 Å². The highest BCUT2D eigenvalue weighted by molar-refractivity contribution is 9.10. The van der Waals surface area contributed by atoms with Crippen molar-refractivity contribution in [3.8, 4) is 0 Å². The van der Waals surface area contributed by atoms with Gasteiger partial charge in [0.25, 0.3) is 5.91 Å². The summed E-state index contributed by atoms with van der Waals surface area (Å²) < 4.78 is 2.59. The number of amides is 1. The highest BCUT2D eigenvalue weighted by Gasteiger charge is 2.18. The van der Waals surface area contributed by atoms with Crippen molar-refractivity contribution in [1.82, 2.24) is 14.8 Å². The zero-order valence-electron chi connectivity index (χ0n) is 11.9. The van der Waals surface area contributed by atoms with Gasteiger partial charge in [0.15, 0.2) is 5.65 Å². The smallest absolute Gasteiger partial charge is 0.258 e. The number of carbonyl (C=O) groups excluding carboxylic acids is 1. The molecule has 3 aromatic rings. The molecule has 5 nitrogen and oxygen atoms in total. The Kier molecular flexibility index (Phi) is 3.88. The highest BCUT2D eigenvalue weighted by atomic mass is 79.9. The van der Waals surface area contributed by atoms with E-state index in [-0.39, 0.29) is 5.91 Å². The van der Waals surface area contributed by atoms with Gasteiger partial charge in [-0.25, -0.2) is 4.98 Å². The molecule has 1 aromatic carbocycles. The molecule has 2 heterocycles. The van der Waals surface area contributed by atoms with E-state index >= 15 is 0 Å². The number of nitrogens with zero attached hydrogens (tertiary/aromatic N) is 3. The Balaban J connectivity index is 1.99. The molecule has 0 saturated heterocycles. The maximum absolute atomic E-state index is 12.4. The molecule has 0 radical (unpaired) electrons. The summed E-state index contributed by atoms with van der Waals surface area (Å²) in [4.78, 5) is 16.7. The van der Waals surface area contributed by atoms with E-state index in [1.165, 1.54) is 6.20 Å². The van der Waals surface area contributed by atoms with Crippen LogP contribution >= 0.6 is 27.5 Å². The molecule has 0 bridgehead atoms. The first kappa shape index (κ1) is 15.0. The molecule has 0 unspecified atom stereocenters. The van der Waals surface area contributed by atoms with Gasteiger partial charge in [0.2, 0.25) is 0 Å². The van der Waals surface area contributed by atoms with Crippen LogP contribution in [-0.4, -0.2) is 20.7 Å². The lowest BCUT2D eigenvalue weighted by molar-refractivity contribution is 0.102. The molecule has 3 rings (SSSR count). The molecule has 0 fully saturated rings. The zero-order chi connectivity index (χ0) is 15.9. The molecule has 1 amide bonds. The number of aryl methyl sites for hydroxylation is 2. The number of hydrogen-bond acceptors (Lipinski definition) is 3. The van der Waals surface area contributed by atoms with Crippen molar-refractivity contribution >= 4 is 50.2 Å². The molecule has 0 aliphatic carbocycles. The molecule has 0 aliphatic heterocycles. The molecule has 2 aromatic heterocycles. The summed E-state index contributed by atoms with van der Waals surface area (Å²) in [6.45, 7) is 1.84. The fraction of sp³-hybridized carbons (Fsp3) is 0.133. The van der Waals surface area contributed by atoms with Crippen molar-refractivity contribution < 1.29 is 4.79 Å². The number of aromatic nitrogens is 3. The minimum Gasteiger partial charge on any atom is -0.322 e. The van der Waals surface area contributed by atoms with Crippen LogP contribution in [0.25, 0.3) is 11.0 Å². The SMILES string of the molecule is Cc1nn(C)c2ncc(C(=O)Nc3ccc(Br)cc3)c(Cl)c12. The molecule has 0 saturated carbocycles. The average Bonchev–Trinajstić information content (AvgIpc) is 2.77. The van der Waals surface area contributed by atoms with Crippen LogP contribution < -0.4 is 5.32 Å². The third kappa shape index (κ3) is 2.60. The van der Waals surface area contributed by atoms with Gasteiger partial charge in [-0.2, -0.15) is 5.10 Å². The van der Waals surface area contributed by atoms with Gasteiger partial charge < -0.3 is 5.32 Å². The van der Waals surface area contributed by atoms with Gasteiger partial charge in [0.1, 0.15) is 0 Å². The minimum atomic E-state index is -0.301. The molecular formula is C15H12BrClN4O. The van der Waals surface area contributed by atoms with Gasteiger partial charge in [0, 0.05) is 23.4 Å². The second-order valence-corrected chi connectivity index (χ2v) is 6.15. The molecule has 0 atom stereocenters.